The minimum atomic E-state index is -4.38. The third-order valence-corrected chi connectivity index (χ3v) is 2.79. The summed E-state index contributed by atoms with van der Waals surface area (Å²) in [5, 5.41) is 0.248. The maximum absolute atomic E-state index is 12.6. The third-order valence-electron chi connectivity index (χ3n) is 2.52. The highest BCUT2D eigenvalue weighted by atomic mass is 35.5. The second-order valence-electron chi connectivity index (χ2n) is 3.79. The van der Waals surface area contributed by atoms with Crippen molar-refractivity contribution >= 4 is 11.6 Å². The Kier molecular flexibility index (Phi) is 3.66. The number of pyridine rings is 1. The minimum absolute atomic E-state index is 0.234. The molecule has 0 spiro atoms. The molecule has 0 radical (unpaired) electrons. The average Bonchev–Trinajstić information content (AvgIpc) is 2.38. The number of nitrogens with zero attached hydrogens (tertiary/aromatic N) is 1. The number of aromatic nitrogens is 1. The molecule has 2 aromatic rings. The van der Waals surface area contributed by atoms with Crippen molar-refractivity contribution in [2.45, 2.75) is 6.18 Å². The first kappa shape index (κ1) is 13.7. The van der Waals surface area contributed by atoms with E-state index < -0.39 is 11.7 Å². The number of hydrogen-bond acceptors (Lipinski definition) is 2. The van der Waals surface area contributed by atoms with E-state index in [1.54, 1.807) is 6.07 Å². The molecule has 0 amide bonds. The van der Waals surface area contributed by atoms with Gasteiger partial charge < -0.3 is 4.74 Å². The number of hydrogen-bond donors (Lipinski definition) is 0. The standard InChI is InChI=1S/C13H9ClF3NO/c1-19-12-11(14)6-9(7-18-12)8-3-2-4-10(5-8)13(15,16)17/h2-7H,1H3. The van der Waals surface area contributed by atoms with Crippen molar-refractivity contribution in [2.24, 2.45) is 0 Å². The van der Waals surface area contributed by atoms with E-state index >= 15 is 0 Å². The lowest BCUT2D eigenvalue weighted by atomic mass is 10.0. The summed E-state index contributed by atoms with van der Waals surface area (Å²) in [6, 6.07) is 6.50. The fourth-order valence-electron chi connectivity index (χ4n) is 1.61. The van der Waals surface area contributed by atoms with Gasteiger partial charge in [-0.2, -0.15) is 13.2 Å². The van der Waals surface area contributed by atoms with Crippen molar-refractivity contribution in [1.82, 2.24) is 4.98 Å². The summed E-state index contributed by atoms with van der Waals surface area (Å²) in [6.07, 6.45) is -2.96. The van der Waals surface area contributed by atoms with E-state index in [1.807, 2.05) is 0 Å². The van der Waals surface area contributed by atoms with Crippen molar-refractivity contribution in [2.75, 3.05) is 7.11 Å². The molecule has 0 aliphatic rings. The quantitative estimate of drug-likeness (QED) is 0.815. The second kappa shape index (κ2) is 5.09. The van der Waals surface area contributed by atoms with Crippen molar-refractivity contribution < 1.29 is 17.9 Å². The van der Waals surface area contributed by atoms with Crippen molar-refractivity contribution in [1.29, 1.82) is 0 Å². The molecule has 0 N–H and O–H groups in total. The van der Waals surface area contributed by atoms with Crippen LogP contribution < -0.4 is 4.74 Å². The molecule has 1 aromatic carbocycles. The Morgan fingerprint density at radius 1 is 1.16 bits per heavy atom. The zero-order valence-corrected chi connectivity index (χ0v) is 10.6. The molecule has 0 aliphatic heterocycles. The van der Waals surface area contributed by atoms with Gasteiger partial charge in [0.25, 0.3) is 0 Å². The lowest BCUT2D eigenvalue weighted by molar-refractivity contribution is -0.137. The second-order valence-corrected chi connectivity index (χ2v) is 4.20. The summed E-state index contributed by atoms with van der Waals surface area (Å²) in [5.74, 6) is 0.234. The lowest BCUT2D eigenvalue weighted by Crippen LogP contribution is -2.04. The summed E-state index contributed by atoms with van der Waals surface area (Å²) in [6.45, 7) is 0. The molecule has 0 bridgehead atoms. The van der Waals surface area contributed by atoms with Crippen LogP contribution in [0.2, 0.25) is 5.02 Å². The summed E-state index contributed by atoms with van der Waals surface area (Å²) in [4.78, 5) is 3.93. The van der Waals surface area contributed by atoms with Crippen LogP contribution in [0, 0.1) is 0 Å². The zero-order valence-electron chi connectivity index (χ0n) is 9.83. The Morgan fingerprint density at radius 2 is 1.89 bits per heavy atom. The van der Waals surface area contributed by atoms with Gasteiger partial charge in [0.2, 0.25) is 5.88 Å². The van der Waals surface area contributed by atoms with Gasteiger partial charge in [-0.25, -0.2) is 4.98 Å². The van der Waals surface area contributed by atoms with Crippen molar-refractivity contribution in [3.8, 4) is 17.0 Å². The fourth-order valence-corrected chi connectivity index (χ4v) is 1.85. The van der Waals surface area contributed by atoms with Crippen LogP contribution in [0.5, 0.6) is 5.88 Å². The third kappa shape index (κ3) is 2.98. The van der Waals surface area contributed by atoms with Crippen LogP contribution >= 0.6 is 11.6 Å². The summed E-state index contributed by atoms with van der Waals surface area (Å²) < 4.78 is 42.8. The van der Waals surface area contributed by atoms with E-state index in [-0.39, 0.29) is 10.9 Å². The van der Waals surface area contributed by atoms with E-state index in [9.17, 15) is 13.2 Å². The van der Waals surface area contributed by atoms with Gasteiger partial charge >= 0.3 is 6.18 Å². The van der Waals surface area contributed by atoms with Gasteiger partial charge in [0.15, 0.2) is 0 Å². The molecule has 6 heteroatoms. The first-order valence-corrected chi connectivity index (χ1v) is 5.67. The molecule has 19 heavy (non-hydrogen) atoms. The maximum atomic E-state index is 12.6. The predicted octanol–water partition coefficient (Wildman–Crippen LogP) is 4.43. The minimum Gasteiger partial charge on any atom is -0.480 e. The van der Waals surface area contributed by atoms with E-state index in [0.717, 1.165) is 12.1 Å². The molecule has 0 saturated heterocycles. The number of methoxy groups -OCH3 is 1. The molecular formula is C13H9ClF3NO. The topological polar surface area (TPSA) is 22.1 Å². The first-order valence-electron chi connectivity index (χ1n) is 5.29. The molecule has 0 fully saturated rings. The van der Waals surface area contributed by atoms with Gasteiger partial charge in [-0.3, -0.25) is 0 Å². The smallest absolute Gasteiger partial charge is 0.416 e. The highest BCUT2D eigenvalue weighted by molar-refractivity contribution is 6.32. The number of benzene rings is 1. The van der Waals surface area contributed by atoms with Crippen LogP contribution in [0.4, 0.5) is 13.2 Å². The monoisotopic (exact) mass is 287 g/mol. The molecule has 2 rings (SSSR count). The molecule has 0 aliphatic carbocycles. The SMILES string of the molecule is COc1ncc(-c2cccc(C(F)(F)F)c2)cc1Cl. The lowest BCUT2D eigenvalue weighted by Gasteiger charge is -2.09. The van der Waals surface area contributed by atoms with Crippen molar-refractivity contribution in [3.05, 3.63) is 47.1 Å². The largest absolute Gasteiger partial charge is 0.480 e. The van der Waals surface area contributed by atoms with E-state index in [1.165, 1.54) is 25.4 Å². The number of ether oxygens (including phenoxy) is 1. The first-order chi connectivity index (χ1) is 8.91. The van der Waals surface area contributed by atoms with Gasteiger partial charge in [0.05, 0.1) is 12.7 Å². The summed E-state index contributed by atoms with van der Waals surface area (Å²) in [7, 11) is 1.41. The van der Waals surface area contributed by atoms with Gasteiger partial charge in [0, 0.05) is 11.8 Å². The van der Waals surface area contributed by atoms with Gasteiger partial charge in [0.1, 0.15) is 5.02 Å². The Balaban J connectivity index is 2.45. The molecule has 0 saturated carbocycles. The van der Waals surface area contributed by atoms with E-state index in [2.05, 4.69) is 4.98 Å². The highest BCUT2D eigenvalue weighted by Crippen LogP contribution is 2.33. The van der Waals surface area contributed by atoms with Crippen LogP contribution in [0.1, 0.15) is 5.56 Å². The number of alkyl halides is 3. The predicted molar refractivity (Wildman–Crippen MR) is 66.2 cm³/mol. The number of halogens is 4. The van der Waals surface area contributed by atoms with Crippen molar-refractivity contribution in [3.63, 3.8) is 0 Å². The molecule has 100 valence electrons. The molecule has 2 nitrogen and oxygen atoms in total. The molecular weight excluding hydrogens is 279 g/mol. The van der Waals surface area contributed by atoms with Crippen LogP contribution in [-0.4, -0.2) is 12.1 Å². The summed E-state index contributed by atoms with van der Waals surface area (Å²) >= 11 is 5.90. The number of rotatable bonds is 2. The summed E-state index contributed by atoms with van der Waals surface area (Å²) in [5.41, 5.74) is 0.181. The molecule has 1 heterocycles. The fraction of sp³-hybridized carbons (Fsp3) is 0.154. The van der Waals surface area contributed by atoms with Gasteiger partial charge in [-0.05, 0) is 23.8 Å². The Hall–Kier alpha value is -1.75. The van der Waals surface area contributed by atoms with Crippen LogP contribution in [0.3, 0.4) is 0 Å². The molecule has 0 atom stereocenters. The zero-order chi connectivity index (χ0) is 14.0. The van der Waals surface area contributed by atoms with Gasteiger partial charge in [-0.1, -0.05) is 23.7 Å². The van der Waals surface area contributed by atoms with E-state index in [4.69, 9.17) is 16.3 Å². The average molecular weight is 288 g/mol. The van der Waals surface area contributed by atoms with Crippen LogP contribution in [0.15, 0.2) is 36.5 Å². The molecule has 0 unspecified atom stereocenters. The van der Waals surface area contributed by atoms with Crippen LogP contribution in [-0.2, 0) is 6.18 Å². The molecule has 1 aromatic heterocycles. The Labute approximate surface area is 112 Å². The van der Waals surface area contributed by atoms with Gasteiger partial charge in [-0.15, -0.1) is 0 Å². The highest BCUT2D eigenvalue weighted by Gasteiger charge is 2.30. The Bertz CT molecular complexity index is 599. The Morgan fingerprint density at radius 3 is 2.47 bits per heavy atom. The van der Waals surface area contributed by atoms with E-state index in [0.29, 0.717) is 11.1 Å². The van der Waals surface area contributed by atoms with Crippen LogP contribution in [0.25, 0.3) is 11.1 Å². The normalized spacial score (nSPS) is 11.4. The maximum Gasteiger partial charge on any atom is 0.416 e.